The van der Waals surface area contributed by atoms with Crippen LogP contribution in [0.1, 0.15) is 31.2 Å². The lowest BCUT2D eigenvalue weighted by molar-refractivity contribution is -0.144. The lowest BCUT2D eigenvalue weighted by Gasteiger charge is -2.19. The Bertz CT molecular complexity index is 621. The quantitative estimate of drug-likeness (QED) is 0.812. The molecule has 118 valence electrons. The normalized spacial score (nSPS) is 10.8. The summed E-state index contributed by atoms with van der Waals surface area (Å²) in [7, 11) is 0. The van der Waals surface area contributed by atoms with Crippen molar-refractivity contribution in [3.05, 3.63) is 29.3 Å². The SMILES string of the molecule is CCCN(CC(=O)O)C(=O)CCCc1nc2ccccc2s1. The van der Waals surface area contributed by atoms with Crippen molar-refractivity contribution < 1.29 is 14.7 Å². The number of fused-ring (bicyclic) bond motifs is 1. The molecular formula is C16H20N2O3S. The second-order valence-corrected chi connectivity index (χ2v) is 6.25. The van der Waals surface area contributed by atoms with Gasteiger partial charge in [-0.1, -0.05) is 19.1 Å². The first-order valence-corrected chi connectivity index (χ1v) is 8.25. The number of thiazole rings is 1. The average molecular weight is 320 g/mol. The minimum absolute atomic E-state index is 0.0923. The lowest BCUT2D eigenvalue weighted by atomic mass is 10.2. The molecule has 0 spiro atoms. The Balaban J connectivity index is 1.86. The zero-order valence-electron chi connectivity index (χ0n) is 12.6. The average Bonchev–Trinajstić information content (AvgIpc) is 2.89. The number of carbonyl (C=O) groups is 2. The first-order chi connectivity index (χ1) is 10.6. The van der Waals surface area contributed by atoms with Crippen molar-refractivity contribution in [1.29, 1.82) is 0 Å². The molecule has 0 aliphatic carbocycles. The van der Waals surface area contributed by atoms with E-state index in [2.05, 4.69) is 4.98 Å². The maximum atomic E-state index is 12.1. The van der Waals surface area contributed by atoms with Crippen molar-refractivity contribution in [2.24, 2.45) is 0 Å². The van der Waals surface area contributed by atoms with Gasteiger partial charge in [0.2, 0.25) is 5.91 Å². The fourth-order valence-corrected chi connectivity index (χ4v) is 3.31. The monoisotopic (exact) mass is 320 g/mol. The summed E-state index contributed by atoms with van der Waals surface area (Å²) in [6.45, 7) is 2.21. The minimum atomic E-state index is -0.965. The third kappa shape index (κ3) is 4.53. The van der Waals surface area contributed by atoms with E-state index in [-0.39, 0.29) is 12.5 Å². The first kappa shape index (κ1) is 16.4. The number of aromatic nitrogens is 1. The number of carboxylic acid groups (broad SMARTS) is 1. The van der Waals surface area contributed by atoms with Crippen LogP contribution in [-0.2, 0) is 16.0 Å². The fraction of sp³-hybridized carbons (Fsp3) is 0.438. The molecule has 0 radical (unpaired) electrons. The van der Waals surface area contributed by atoms with E-state index in [0.29, 0.717) is 19.4 Å². The van der Waals surface area contributed by atoms with Gasteiger partial charge in [-0.2, -0.15) is 0 Å². The summed E-state index contributed by atoms with van der Waals surface area (Å²) in [4.78, 5) is 28.8. The van der Waals surface area contributed by atoms with Crippen LogP contribution >= 0.6 is 11.3 Å². The summed E-state index contributed by atoms with van der Waals surface area (Å²) in [5.74, 6) is -1.06. The largest absolute Gasteiger partial charge is 0.480 e. The van der Waals surface area contributed by atoms with Gasteiger partial charge in [0.1, 0.15) is 6.54 Å². The van der Waals surface area contributed by atoms with Crippen LogP contribution < -0.4 is 0 Å². The number of aliphatic carboxylic acids is 1. The van der Waals surface area contributed by atoms with Crippen molar-refractivity contribution in [2.75, 3.05) is 13.1 Å². The Morgan fingerprint density at radius 1 is 1.32 bits per heavy atom. The molecule has 2 aromatic rings. The predicted molar refractivity (Wildman–Crippen MR) is 87.1 cm³/mol. The van der Waals surface area contributed by atoms with Crippen LogP contribution in [0.25, 0.3) is 10.2 Å². The van der Waals surface area contributed by atoms with Crippen LogP contribution in [0.4, 0.5) is 0 Å². The summed E-state index contributed by atoms with van der Waals surface area (Å²) < 4.78 is 1.15. The van der Waals surface area contributed by atoms with Crippen LogP contribution in [0.5, 0.6) is 0 Å². The number of nitrogens with zero attached hydrogens (tertiary/aromatic N) is 2. The maximum Gasteiger partial charge on any atom is 0.323 e. The van der Waals surface area contributed by atoms with Gasteiger partial charge in [0.05, 0.1) is 15.2 Å². The van der Waals surface area contributed by atoms with Crippen molar-refractivity contribution in [1.82, 2.24) is 9.88 Å². The van der Waals surface area contributed by atoms with Crippen LogP contribution in [0, 0.1) is 0 Å². The molecule has 0 saturated heterocycles. The second-order valence-electron chi connectivity index (χ2n) is 5.14. The van der Waals surface area contributed by atoms with Crippen molar-refractivity contribution in [3.63, 3.8) is 0 Å². The Hall–Kier alpha value is -1.95. The van der Waals surface area contributed by atoms with Gasteiger partial charge < -0.3 is 10.0 Å². The third-order valence-electron chi connectivity index (χ3n) is 3.29. The number of hydrogen-bond donors (Lipinski definition) is 1. The summed E-state index contributed by atoms with van der Waals surface area (Å²) in [6.07, 6.45) is 2.57. The Morgan fingerprint density at radius 2 is 2.09 bits per heavy atom. The highest BCUT2D eigenvalue weighted by atomic mass is 32.1. The van der Waals surface area contributed by atoms with Crippen LogP contribution in [-0.4, -0.2) is 40.0 Å². The van der Waals surface area contributed by atoms with Gasteiger partial charge in [-0.05, 0) is 31.4 Å². The topological polar surface area (TPSA) is 70.5 Å². The number of amides is 1. The second kappa shape index (κ2) is 7.89. The molecule has 1 aromatic carbocycles. The number of hydrogen-bond acceptors (Lipinski definition) is 4. The van der Waals surface area contributed by atoms with Crippen LogP contribution in [0.15, 0.2) is 24.3 Å². The fourth-order valence-electron chi connectivity index (χ4n) is 2.30. The number of para-hydroxylation sites is 1. The molecule has 1 aromatic heterocycles. The van der Waals surface area contributed by atoms with Gasteiger partial charge in [0.25, 0.3) is 0 Å². The third-order valence-corrected chi connectivity index (χ3v) is 4.39. The molecule has 22 heavy (non-hydrogen) atoms. The lowest BCUT2D eigenvalue weighted by Crippen LogP contribution is -2.36. The van der Waals surface area contributed by atoms with Gasteiger partial charge in [0, 0.05) is 13.0 Å². The van der Waals surface area contributed by atoms with Gasteiger partial charge in [-0.3, -0.25) is 9.59 Å². The van der Waals surface area contributed by atoms with Crippen LogP contribution in [0.2, 0.25) is 0 Å². The summed E-state index contributed by atoms with van der Waals surface area (Å²) in [5, 5.41) is 9.86. The molecule has 0 unspecified atom stereocenters. The van der Waals surface area contributed by atoms with E-state index >= 15 is 0 Å². The number of aryl methyl sites for hydroxylation is 1. The highest BCUT2D eigenvalue weighted by molar-refractivity contribution is 7.18. The highest BCUT2D eigenvalue weighted by Gasteiger charge is 2.15. The smallest absolute Gasteiger partial charge is 0.323 e. The predicted octanol–water partition coefficient (Wildman–Crippen LogP) is 2.94. The molecule has 1 heterocycles. The molecule has 0 saturated carbocycles. The zero-order chi connectivity index (χ0) is 15.9. The van der Waals surface area contributed by atoms with Crippen molar-refractivity contribution in [3.8, 4) is 0 Å². The summed E-state index contributed by atoms with van der Waals surface area (Å²) in [6, 6.07) is 7.97. The number of benzene rings is 1. The molecule has 1 N–H and O–H groups in total. The van der Waals surface area contributed by atoms with Gasteiger partial charge in [0.15, 0.2) is 0 Å². The van der Waals surface area contributed by atoms with E-state index in [0.717, 1.165) is 28.1 Å². The summed E-state index contributed by atoms with van der Waals surface area (Å²) in [5.41, 5.74) is 0.993. The first-order valence-electron chi connectivity index (χ1n) is 7.44. The Morgan fingerprint density at radius 3 is 2.77 bits per heavy atom. The van der Waals surface area contributed by atoms with Gasteiger partial charge in [-0.15, -0.1) is 11.3 Å². The molecule has 0 fully saturated rings. The Kier molecular flexibility index (Phi) is 5.89. The highest BCUT2D eigenvalue weighted by Crippen LogP contribution is 2.22. The summed E-state index contributed by atoms with van der Waals surface area (Å²) >= 11 is 1.65. The van der Waals surface area contributed by atoms with E-state index in [9.17, 15) is 9.59 Å². The molecule has 1 amide bonds. The van der Waals surface area contributed by atoms with Gasteiger partial charge in [-0.25, -0.2) is 4.98 Å². The number of rotatable bonds is 8. The number of carbonyl (C=O) groups excluding carboxylic acids is 1. The van der Waals surface area contributed by atoms with E-state index < -0.39 is 5.97 Å². The molecule has 2 rings (SSSR count). The van der Waals surface area contributed by atoms with E-state index in [4.69, 9.17) is 5.11 Å². The van der Waals surface area contributed by atoms with E-state index in [1.54, 1.807) is 11.3 Å². The van der Waals surface area contributed by atoms with E-state index in [1.165, 1.54) is 4.90 Å². The van der Waals surface area contributed by atoms with Crippen LogP contribution in [0.3, 0.4) is 0 Å². The molecule has 5 nitrogen and oxygen atoms in total. The molecular weight excluding hydrogens is 300 g/mol. The Labute approximate surface area is 133 Å². The molecule has 0 bridgehead atoms. The molecule has 0 aliphatic heterocycles. The number of carboxylic acids is 1. The molecule has 0 atom stereocenters. The zero-order valence-corrected chi connectivity index (χ0v) is 13.4. The standard InChI is InChI=1S/C16H20N2O3S/c1-2-10-18(11-16(20)21)15(19)9-5-8-14-17-12-6-3-4-7-13(12)22-14/h3-4,6-7H,2,5,8-11H2,1H3,(H,20,21). The molecule has 0 aliphatic rings. The molecule has 6 heteroatoms. The van der Waals surface area contributed by atoms with Gasteiger partial charge >= 0.3 is 5.97 Å². The minimum Gasteiger partial charge on any atom is -0.480 e. The maximum absolute atomic E-state index is 12.1. The van der Waals surface area contributed by atoms with Crippen molar-refractivity contribution in [2.45, 2.75) is 32.6 Å². The van der Waals surface area contributed by atoms with E-state index in [1.807, 2.05) is 31.2 Å². The van der Waals surface area contributed by atoms with Crippen molar-refractivity contribution >= 4 is 33.4 Å².